The van der Waals surface area contributed by atoms with Gasteiger partial charge in [-0.3, -0.25) is 4.79 Å². The van der Waals surface area contributed by atoms with Crippen molar-refractivity contribution >= 4 is 22.6 Å². The minimum atomic E-state index is -1.28. The highest BCUT2D eigenvalue weighted by Crippen LogP contribution is 2.38. The maximum absolute atomic E-state index is 15.0. The van der Waals surface area contributed by atoms with Gasteiger partial charge in [-0.05, 0) is 25.8 Å². The first-order valence-corrected chi connectivity index (χ1v) is 8.58. The van der Waals surface area contributed by atoms with Crippen LogP contribution in [0.4, 0.5) is 10.1 Å². The third-order valence-electron chi connectivity index (χ3n) is 5.29. The number of rotatable bonds is 2. The van der Waals surface area contributed by atoms with E-state index < -0.39 is 17.2 Å². The van der Waals surface area contributed by atoms with Crippen LogP contribution >= 0.6 is 0 Å². The lowest BCUT2D eigenvalue weighted by Gasteiger charge is -2.35. The molecule has 1 unspecified atom stereocenters. The van der Waals surface area contributed by atoms with Crippen LogP contribution < -0.4 is 15.6 Å². The molecule has 2 aliphatic rings. The molecule has 0 saturated carbocycles. The predicted octanol–water partition coefficient (Wildman–Crippen LogP) is 1.76. The molecule has 2 aliphatic heterocycles. The predicted molar refractivity (Wildman–Crippen MR) is 93.2 cm³/mol. The van der Waals surface area contributed by atoms with E-state index in [0.29, 0.717) is 30.7 Å². The highest BCUT2D eigenvalue weighted by atomic mass is 19.1. The Morgan fingerprint density at radius 3 is 2.76 bits per heavy atom. The first-order chi connectivity index (χ1) is 12.0. The van der Waals surface area contributed by atoms with Crippen molar-refractivity contribution in [2.75, 3.05) is 31.1 Å². The first kappa shape index (κ1) is 16.1. The normalized spacial score (nSPS) is 20.1. The fraction of sp³-hybridized carbons (Fsp3) is 0.444. The van der Waals surface area contributed by atoms with Gasteiger partial charge in [-0.15, -0.1) is 0 Å². The molecule has 6 nitrogen and oxygen atoms in total. The van der Waals surface area contributed by atoms with E-state index in [-0.39, 0.29) is 17.0 Å². The van der Waals surface area contributed by atoms with Gasteiger partial charge in [-0.2, -0.15) is 0 Å². The molecule has 1 fully saturated rings. The number of carboxylic acids is 1. The van der Waals surface area contributed by atoms with E-state index >= 15 is 0 Å². The van der Waals surface area contributed by atoms with Crippen LogP contribution in [-0.4, -0.2) is 41.8 Å². The highest BCUT2D eigenvalue weighted by molar-refractivity contribution is 5.95. The Hall–Kier alpha value is -2.41. The van der Waals surface area contributed by atoms with Crippen molar-refractivity contribution in [1.82, 2.24) is 9.88 Å². The standard InChI is InChI=1S/C18H20FN3O3/c1-10-2-3-11-15-12(17(23)13(18(24)25)9-22(10)15)8-14(19)16(11)21-6-4-20-5-7-21/h8-10,20H,2-7H2,1H3,(H,24,25). The average molecular weight is 345 g/mol. The van der Waals surface area contributed by atoms with Crippen LogP contribution in [0.3, 0.4) is 0 Å². The number of aromatic nitrogens is 1. The fourth-order valence-corrected chi connectivity index (χ4v) is 4.02. The third kappa shape index (κ3) is 2.41. The molecule has 0 bridgehead atoms. The molecule has 1 atom stereocenters. The van der Waals surface area contributed by atoms with Crippen molar-refractivity contribution in [2.24, 2.45) is 0 Å². The number of piperazine rings is 1. The quantitative estimate of drug-likeness (QED) is 0.867. The van der Waals surface area contributed by atoms with Gasteiger partial charge in [-0.1, -0.05) is 0 Å². The summed E-state index contributed by atoms with van der Waals surface area (Å²) in [6.07, 6.45) is 2.88. The Labute approximate surface area is 143 Å². The molecule has 4 rings (SSSR count). The van der Waals surface area contributed by atoms with Crippen LogP contribution in [0, 0.1) is 5.82 Å². The topological polar surface area (TPSA) is 74.6 Å². The van der Waals surface area contributed by atoms with E-state index in [1.807, 2.05) is 16.4 Å². The summed E-state index contributed by atoms with van der Waals surface area (Å²) in [6.45, 7) is 4.99. The van der Waals surface area contributed by atoms with Crippen molar-refractivity contribution in [3.63, 3.8) is 0 Å². The number of hydrogen-bond acceptors (Lipinski definition) is 4. The Morgan fingerprint density at radius 2 is 2.08 bits per heavy atom. The molecule has 0 spiro atoms. The van der Waals surface area contributed by atoms with Crippen molar-refractivity contribution in [1.29, 1.82) is 0 Å². The Bertz CT molecular complexity index is 932. The average Bonchev–Trinajstić information content (AvgIpc) is 2.60. The molecule has 1 aromatic heterocycles. The van der Waals surface area contributed by atoms with Gasteiger partial charge in [0.1, 0.15) is 11.4 Å². The number of halogens is 1. The SMILES string of the molecule is CC1CCc2c(N3CCNCC3)c(F)cc3c(=O)c(C(=O)O)cn1c23. The zero-order valence-electron chi connectivity index (χ0n) is 14.0. The van der Waals surface area contributed by atoms with E-state index in [0.717, 1.165) is 25.1 Å². The maximum Gasteiger partial charge on any atom is 0.341 e. The van der Waals surface area contributed by atoms with Crippen molar-refractivity contribution < 1.29 is 14.3 Å². The minimum absolute atomic E-state index is 0.0648. The van der Waals surface area contributed by atoms with Gasteiger partial charge in [0.05, 0.1) is 11.2 Å². The zero-order chi connectivity index (χ0) is 17.7. The molecule has 3 heterocycles. The molecule has 132 valence electrons. The Kier molecular flexibility index (Phi) is 3.76. The molecule has 0 amide bonds. The van der Waals surface area contributed by atoms with Crippen LogP contribution in [0.5, 0.6) is 0 Å². The van der Waals surface area contributed by atoms with Crippen LogP contribution in [-0.2, 0) is 6.42 Å². The van der Waals surface area contributed by atoms with E-state index in [1.54, 1.807) is 0 Å². The summed E-state index contributed by atoms with van der Waals surface area (Å²) in [6, 6.07) is 1.29. The molecule has 7 heteroatoms. The van der Waals surface area contributed by atoms with Crippen molar-refractivity contribution in [3.05, 3.63) is 39.4 Å². The highest BCUT2D eigenvalue weighted by Gasteiger charge is 2.28. The molecular formula is C18H20FN3O3. The maximum atomic E-state index is 15.0. The fourth-order valence-electron chi connectivity index (χ4n) is 4.02. The molecule has 0 radical (unpaired) electrons. The summed E-state index contributed by atoms with van der Waals surface area (Å²) in [4.78, 5) is 26.0. The molecule has 25 heavy (non-hydrogen) atoms. The summed E-state index contributed by atoms with van der Waals surface area (Å²) in [7, 11) is 0. The van der Waals surface area contributed by atoms with Gasteiger partial charge in [-0.25, -0.2) is 9.18 Å². The van der Waals surface area contributed by atoms with Crippen LogP contribution in [0.25, 0.3) is 10.9 Å². The number of aryl methyl sites for hydroxylation is 1. The number of nitrogens with one attached hydrogen (secondary N) is 1. The van der Waals surface area contributed by atoms with Crippen molar-refractivity contribution in [3.8, 4) is 0 Å². The number of hydrogen-bond donors (Lipinski definition) is 2. The number of nitrogens with zero attached hydrogens (tertiary/aromatic N) is 2. The summed E-state index contributed by atoms with van der Waals surface area (Å²) in [5.74, 6) is -1.72. The van der Waals surface area contributed by atoms with Gasteiger partial charge in [0, 0.05) is 49.4 Å². The lowest BCUT2D eigenvalue weighted by Crippen LogP contribution is -2.44. The lowest BCUT2D eigenvalue weighted by molar-refractivity contribution is 0.0694. The van der Waals surface area contributed by atoms with Gasteiger partial charge < -0.3 is 19.9 Å². The minimum Gasteiger partial charge on any atom is -0.477 e. The van der Waals surface area contributed by atoms with Crippen LogP contribution in [0.2, 0.25) is 0 Å². The molecule has 2 aromatic rings. The van der Waals surface area contributed by atoms with Gasteiger partial charge in [0.25, 0.3) is 0 Å². The van der Waals surface area contributed by atoms with Gasteiger partial charge in [0.15, 0.2) is 0 Å². The molecule has 1 saturated heterocycles. The summed E-state index contributed by atoms with van der Waals surface area (Å²) in [5.41, 5.74) is 1.16. The number of carbonyl (C=O) groups is 1. The summed E-state index contributed by atoms with van der Waals surface area (Å²) < 4.78 is 16.8. The lowest BCUT2D eigenvalue weighted by atomic mass is 9.93. The molecule has 0 aliphatic carbocycles. The Morgan fingerprint density at radius 1 is 1.36 bits per heavy atom. The van der Waals surface area contributed by atoms with Gasteiger partial charge in [0.2, 0.25) is 5.43 Å². The zero-order valence-corrected chi connectivity index (χ0v) is 14.0. The van der Waals surface area contributed by atoms with Crippen LogP contribution in [0.15, 0.2) is 17.1 Å². The Balaban J connectivity index is 2.06. The number of pyridine rings is 1. The second kappa shape index (κ2) is 5.84. The van der Waals surface area contributed by atoms with Gasteiger partial charge >= 0.3 is 5.97 Å². The van der Waals surface area contributed by atoms with Crippen LogP contribution in [0.1, 0.15) is 35.3 Å². The molecule has 1 aromatic carbocycles. The molecule has 2 N–H and O–H groups in total. The third-order valence-corrected chi connectivity index (χ3v) is 5.29. The second-order valence-corrected chi connectivity index (χ2v) is 6.79. The molecular weight excluding hydrogens is 325 g/mol. The van der Waals surface area contributed by atoms with E-state index in [1.165, 1.54) is 12.3 Å². The number of benzene rings is 1. The number of aromatic carboxylic acids is 1. The smallest absolute Gasteiger partial charge is 0.341 e. The van der Waals surface area contributed by atoms with E-state index in [4.69, 9.17) is 0 Å². The second-order valence-electron chi connectivity index (χ2n) is 6.79. The monoisotopic (exact) mass is 345 g/mol. The van der Waals surface area contributed by atoms with E-state index in [9.17, 15) is 19.1 Å². The van der Waals surface area contributed by atoms with Crippen molar-refractivity contribution in [2.45, 2.75) is 25.8 Å². The van der Waals surface area contributed by atoms with E-state index in [2.05, 4.69) is 5.32 Å². The summed E-state index contributed by atoms with van der Waals surface area (Å²) >= 11 is 0. The summed E-state index contributed by atoms with van der Waals surface area (Å²) in [5, 5.41) is 12.7. The first-order valence-electron chi connectivity index (χ1n) is 8.58. The number of carboxylic acid groups (broad SMARTS) is 1. The largest absolute Gasteiger partial charge is 0.477 e. The number of anilines is 1.